The van der Waals surface area contributed by atoms with E-state index < -0.39 is 0 Å². The van der Waals surface area contributed by atoms with E-state index in [0.29, 0.717) is 18.8 Å². The average molecular weight is 369 g/mol. The second-order valence-corrected chi connectivity index (χ2v) is 8.30. The van der Waals surface area contributed by atoms with Gasteiger partial charge in [0.05, 0.1) is 12.7 Å². The Labute approximate surface area is 157 Å². The van der Waals surface area contributed by atoms with E-state index in [4.69, 9.17) is 9.47 Å². The molecule has 3 aliphatic rings. The Morgan fingerprint density at radius 3 is 2.46 bits per heavy atom. The number of ether oxygens (including phenoxy) is 2. The molecule has 0 unspecified atom stereocenters. The van der Waals surface area contributed by atoms with Crippen molar-refractivity contribution in [2.45, 2.75) is 70.4 Å². The zero-order valence-electron chi connectivity index (χ0n) is 16.3. The number of carbonyl (C=O) groups excluding carboxylic acids is 1. The van der Waals surface area contributed by atoms with Gasteiger partial charge in [-0.25, -0.2) is 4.79 Å². The molecule has 3 aliphatic heterocycles. The molecular formula is C20H36N2O4. The first kappa shape index (κ1) is 19.9. The molecule has 3 saturated heterocycles. The lowest BCUT2D eigenvalue weighted by molar-refractivity contribution is -0.0543. The molecule has 3 heterocycles. The number of aliphatic hydroxyl groups excluding tert-OH is 1. The van der Waals surface area contributed by atoms with E-state index in [9.17, 15) is 9.90 Å². The molecule has 150 valence electrons. The van der Waals surface area contributed by atoms with Crippen LogP contribution in [0.25, 0.3) is 0 Å². The Balaban J connectivity index is 1.45. The molecule has 0 radical (unpaired) electrons. The summed E-state index contributed by atoms with van der Waals surface area (Å²) in [5, 5.41) is 10.1. The normalized spacial score (nSPS) is 28.1. The molecule has 26 heavy (non-hydrogen) atoms. The third-order valence-corrected chi connectivity index (χ3v) is 6.64. The van der Waals surface area contributed by atoms with Crippen LogP contribution in [0.3, 0.4) is 0 Å². The minimum absolute atomic E-state index is 0.0458. The van der Waals surface area contributed by atoms with Gasteiger partial charge in [-0.15, -0.1) is 0 Å². The van der Waals surface area contributed by atoms with Crippen molar-refractivity contribution in [1.29, 1.82) is 0 Å². The fourth-order valence-electron chi connectivity index (χ4n) is 4.87. The van der Waals surface area contributed by atoms with E-state index in [-0.39, 0.29) is 18.1 Å². The Bertz CT molecular complexity index is 437. The highest BCUT2D eigenvalue weighted by Crippen LogP contribution is 2.39. The number of hydrogen-bond acceptors (Lipinski definition) is 5. The van der Waals surface area contributed by atoms with Crippen LogP contribution in [0, 0.1) is 5.41 Å². The molecule has 0 aromatic heterocycles. The van der Waals surface area contributed by atoms with Crippen molar-refractivity contribution in [2.24, 2.45) is 5.41 Å². The van der Waals surface area contributed by atoms with Crippen LogP contribution in [-0.4, -0.2) is 79.1 Å². The maximum atomic E-state index is 11.8. The van der Waals surface area contributed by atoms with E-state index in [2.05, 4.69) is 4.90 Å². The summed E-state index contributed by atoms with van der Waals surface area (Å²) in [5.41, 5.74) is 0.0458. The zero-order chi connectivity index (χ0) is 18.4. The molecule has 1 atom stereocenters. The molecule has 0 aliphatic carbocycles. The predicted octanol–water partition coefficient (Wildman–Crippen LogP) is 2.64. The highest BCUT2D eigenvalue weighted by atomic mass is 16.6. The lowest BCUT2D eigenvalue weighted by atomic mass is 9.73. The number of hydrogen-bond donors (Lipinski definition) is 1. The van der Waals surface area contributed by atoms with Gasteiger partial charge in [0.1, 0.15) is 0 Å². The van der Waals surface area contributed by atoms with Crippen LogP contribution in [0.4, 0.5) is 4.79 Å². The van der Waals surface area contributed by atoms with Gasteiger partial charge in [0.2, 0.25) is 0 Å². The Morgan fingerprint density at radius 1 is 1.15 bits per heavy atom. The molecule has 0 bridgehead atoms. The van der Waals surface area contributed by atoms with Crippen molar-refractivity contribution in [3.63, 3.8) is 0 Å². The molecule has 1 amide bonds. The number of nitrogens with zero attached hydrogens (tertiary/aromatic N) is 2. The van der Waals surface area contributed by atoms with E-state index in [1.807, 2.05) is 11.8 Å². The summed E-state index contributed by atoms with van der Waals surface area (Å²) in [6.07, 6.45) is 8.94. The van der Waals surface area contributed by atoms with Gasteiger partial charge in [-0.3, -0.25) is 0 Å². The number of amides is 1. The first-order valence-electron chi connectivity index (χ1n) is 10.5. The van der Waals surface area contributed by atoms with Gasteiger partial charge in [-0.2, -0.15) is 0 Å². The van der Waals surface area contributed by atoms with Crippen molar-refractivity contribution in [3.05, 3.63) is 0 Å². The fourth-order valence-corrected chi connectivity index (χ4v) is 4.87. The van der Waals surface area contributed by atoms with Gasteiger partial charge in [0, 0.05) is 32.3 Å². The van der Waals surface area contributed by atoms with E-state index in [1.54, 1.807) is 0 Å². The van der Waals surface area contributed by atoms with Crippen LogP contribution < -0.4 is 0 Å². The molecule has 6 heteroatoms. The summed E-state index contributed by atoms with van der Waals surface area (Å²) >= 11 is 0. The molecule has 0 aromatic rings. The van der Waals surface area contributed by atoms with Crippen LogP contribution in [-0.2, 0) is 9.47 Å². The van der Waals surface area contributed by atoms with E-state index >= 15 is 0 Å². The zero-order valence-corrected chi connectivity index (χ0v) is 16.3. The summed E-state index contributed by atoms with van der Waals surface area (Å²) in [7, 11) is 0. The summed E-state index contributed by atoms with van der Waals surface area (Å²) in [6.45, 7) is 7.15. The van der Waals surface area contributed by atoms with Gasteiger partial charge >= 0.3 is 6.09 Å². The lowest BCUT2D eigenvalue weighted by Gasteiger charge is -2.46. The average Bonchev–Trinajstić information content (AvgIpc) is 2.70. The highest BCUT2D eigenvalue weighted by Gasteiger charge is 2.39. The SMILES string of the molecule is CCOC(=O)N1CCC(N2CCC(CO)(C[C@H]3CCCCO3)CC2)CC1. The third-order valence-electron chi connectivity index (χ3n) is 6.64. The molecule has 3 fully saturated rings. The number of piperidine rings is 2. The summed E-state index contributed by atoms with van der Waals surface area (Å²) < 4.78 is 11.0. The highest BCUT2D eigenvalue weighted by molar-refractivity contribution is 5.67. The van der Waals surface area contributed by atoms with Crippen LogP contribution in [0.5, 0.6) is 0 Å². The standard InChI is InChI=1S/C20H36N2O4/c1-2-25-19(24)22-10-6-17(7-11-22)21-12-8-20(16-23,9-13-21)15-18-5-3-4-14-26-18/h17-18,23H,2-16H2,1H3/t18-/m1/s1. The van der Waals surface area contributed by atoms with Crippen LogP contribution in [0.2, 0.25) is 0 Å². The summed E-state index contributed by atoms with van der Waals surface area (Å²) in [5.74, 6) is 0. The van der Waals surface area contributed by atoms with Crippen molar-refractivity contribution in [3.8, 4) is 0 Å². The van der Waals surface area contributed by atoms with Crippen molar-refractivity contribution >= 4 is 6.09 Å². The Morgan fingerprint density at radius 2 is 1.88 bits per heavy atom. The largest absolute Gasteiger partial charge is 0.450 e. The van der Waals surface area contributed by atoms with Gasteiger partial charge in [0.25, 0.3) is 0 Å². The smallest absolute Gasteiger partial charge is 0.409 e. The third kappa shape index (κ3) is 4.90. The summed E-state index contributed by atoms with van der Waals surface area (Å²) in [6, 6.07) is 0.559. The van der Waals surface area contributed by atoms with Crippen LogP contribution >= 0.6 is 0 Å². The molecule has 0 aromatic carbocycles. The monoisotopic (exact) mass is 368 g/mol. The number of carbonyl (C=O) groups is 1. The van der Waals surface area contributed by atoms with E-state index in [1.165, 1.54) is 12.8 Å². The molecular weight excluding hydrogens is 332 g/mol. The van der Waals surface area contributed by atoms with Gasteiger partial charge < -0.3 is 24.4 Å². The molecule has 3 rings (SSSR count). The molecule has 0 saturated carbocycles. The fraction of sp³-hybridized carbons (Fsp3) is 0.950. The molecule has 0 spiro atoms. The second-order valence-electron chi connectivity index (χ2n) is 8.30. The van der Waals surface area contributed by atoms with Gasteiger partial charge in [-0.05, 0) is 76.8 Å². The predicted molar refractivity (Wildman–Crippen MR) is 100 cm³/mol. The number of likely N-dealkylation sites (tertiary alicyclic amines) is 2. The molecule has 6 nitrogen and oxygen atoms in total. The van der Waals surface area contributed by atoms with Crippen molar-refractivity contribution in [2.75, 3.05) is 46.0 Å². The number of rotatable bonds is 5. The van der Waals surface area contributed by atoms with Crippen LogP contribution in [0.1, 0.15) is 58.3 Å². The minimum atomic E-state index is -0.170. The lowest BCUT2D eigenvalue weighted by Crippen LogP contribution is -2.51. The Hall–Kier alpha value is -0.850. The first-order valence-corrected chi connectivity index (χ1v) is 10.5. The quantitative estimate of drug-likeness (QED) is 0.808. The topological polar surface area (TPSA) is 62.2 Å². The Kier molecular flexibility index (Phi) is 7.18. The number of aliphatic hydroxyl groups is 1. The van der Waals surface area contributed by atoms with Crippen molar-refractivity contribution in [1.82, 2.24) is 9.80 Å². The second kappa shape index (κ2) is 9.38. The maximum absolute atomic E-state index is 11.8. The van der Waals surface area contributed by atoms with Gasteiger partial charge in [0.15, 0.2) is 0 Å². The van der Waals surface area contributed by atoms with Crippen LogP contribution in [0.15, 0.2) is 0 Å². The summed E-state index contributed by atoms with van der Waals surface area (Å²) in [4.78, 5) is 16.3. The maximum Gasteiger partial charge on any atom is 0.409 e. The van der Waals surface area contributed by atoms with E-state index in [0.717, 1.165) is 71.3 Å². The first-order chi connectivity index (χ1) is 12.7. The van der Waals surface area contributed by atoms with Gasteiger partial charge in [-0.1, -0.05) is 0 Å². The molecule has 1 N–H and O–H groups in total. The van der Waals surface area contributed by atoms with Crippen molar-refractivity contribution < 1.29 is 19.4 Å². The minimum Gasteiger partial charge on any atom is -0.450 e.